The van der Waals surface area contributed by atoms with Gasteiger partial charge in [0, 0.05) is 17.4 Å². The molecule has 0 saturated heterocycles. The number of hydrogen-bond donors (Lipinski definition) is 2. The SMILES string of the molecule is O[C@H](c1ccc(-c2cc(Nc3nccc(C(F)(F)F)n3)ccc2F)cc1)C(F)F. The van der Waals surface area contributed by atoms with Gasteiger partial charge in [0.05, 0.1) is 0 Å². The van der Waals surface area contributed by atoms with Crippen molar-refractivity contribution in [1.29, 1.82) is 0 Å². The molecule has 2 N–H and O–H groups in total. The van der Waals surface area contributed by atoms with Gasteiger partial charge in [-0.05, 0) is 35.4 Å². The molecule has 0 saturated carbocycles. The highest BCUT2D eigenvalue weighted by Crippen LogP contribution is 2.31. The summed E-state index contributed by atoms with van der Waals surface area (Å²) >= 11 is 0. The van der Waals surface area contributed by atoms with Crippen molar-refractivity contribution < 1.29 is 31.4 Å². The Morgan fingerprint density at radius 3 is 2.28 bits per heavy atom. The zero-order valence-electron chi connectivity index (χ0n) is 14.5. The molecule has 0 radical (unpaired) electrons. The molecule has 3 rings (SSSR count). The summed E-state index contributed by atoms with van der Waals surface area (Å²) < 4.78 is 77.6. The lowest BCUT2D eigenvalue weighted by molar-refractivity contribution is -0.141. The van der Waals surface area contributed by atoms with Gasteiger partial charge in [-0.1, -0.05) is 24.3 Å². The predicted octanol–water partition coefficient (Wildman–Crippen LogP) is 5.34. The zero-order chi connectivity index (χ0) is 21.2. The second-order valence-corrected chi connectivity index (χ2v) is 5.98. The molecule has 1 heterocycles. The Bertz CT molecular complexity index is 992. The van der Waals surface area contributed by atoms with Crippen molar-refractivity contribution >= 4 is 11.6 Å². The quantitative estimate of drug-likeness (QED) is 0.554. The van der Waals surface area contributed by atoms with E-state index in [1.165, 1.54) is 36.4 Å². The van der Waals surface area contributed by atoms with E-state index in [2.05, 4.69) is 15.3 Å². The maximum Gasteiger partial charge on any atom is 0.433 e. The fraction of sp³-hybridized carbons (Fsp3) is 0.158. The average molecular weight is 413 g/mol. The molecule has 2 aromatic carbocycles. The summed E-state index contributed by atoms with van der Waals surface area (Å²) in [4.78, 5) is 7.08. The molecule has 0 aliphatic rings. The monoisotopic (exact) mass is 413 g/mol. The minimum atomic E-state index is -4.64. The van der Waals surface area contributed by atoms with E-state index in [9.17, 15) is 31.4 Å². The summed E-state index contributed by atoms with van der Waals surface area (Å²) in [5.41, 5.74) is -0.555. The van der Waals surface area contributed by atoms with Gasteiger partial charge in [-0.2, -0.15) is 13.2 Å². The van der Waals surface area contributed by atoms with Crippen molar-refractivity contribution in [3.05, 3.63) is 71.8 Å². The van der Waals surface area contributed by atoms with E-state index in [0.717, 1.165) is 18.3 Å². The molecule has 0 amide bonds. The first-order valence-corrected chi connectivity index (χ1v) is 8.18. The van der Waals surface area contributed by atoms with Gasteiger partial charge in [0.2, 0.25) is 5.95 Å². The Morgan fingerprint density at radius 1 is 0.966 bits per heavy atom. The van der Waals surface area contributed by atoms with Gasteiger partial charge in [-0.25, -0.2) is 23.1 Å². The third-order valence-electron chi connectivity index (χ3n) is 3.97. The number of aromatic nitrogens is 2. The Morgan fingerprint density at radius 2 is 1.66 bits per heavy atom. The Kier molecular flexibility index (Phi) is 5.73. The van der Waals surface area contributed by atoms with Crippen molar-refractivity contribution in [3.8, 4) is 11.1 Å². The number of halogens is 6. The molecule has 29 heavy (non-hydrogen) atoms. The van der Waals surface area contributed by atoms with Gasteiger partial charge in [0.1, 0.15) is 17.6 Å². The van der Waals surface area contributed by atoms with Crippen LogP contribution < -0.4 is 5.32 Å². The van der Waals surface area contributed by atoms with Crippen molar-refractivity contribution in [2.75, 3.05) is 5.32 Å². The van der Waals surface area contributed by atoms with E-state index < -0.39 is 30.2 Å². The second-order valence-electron chi connectivity index (χ2n) is 5.98. The van der Waals surface area contributed by atoms with Crippen LogP contribution in [0.25, 0.3) is 11.1 Å². The lowest BCUT2D eigenvalue weighted by Gasteiger charge is -2.12. The third-order valence-corrected chi connectivity index (χ3v) is 3.97. The molecule has 0 aliphatic carbocycles. The summed E-state index contributed by atoms with van der Waals surface area (Å²) in [6.07, 6.45) is -8.62. The van der Waals surface area contributed by atoms with Crippen LogP contribution in [-0.2, 0) is 6.18 Å². The van der Waals surface area contributed by atoms with Crippen LogP contribution in [-0.4, -0.2) is 21.5 Å². The van der Waals surface area contributed by atoms with E-state index in [-0.39, 0.29) is 22.8 Å². The fourth-order valence-electron chi connectivity index (χ4n) is 2.54. The average Bonchev–Trinajstić information content (AvgIpc) is 2.68. The lowest BCUT2D eigenvalue weighted by atomic mass is 10.0. The van der Waals surface area contributed by atoms with E-state index in [1.54, 1.807) is 0 Å². The molecule has 0 unspecified atom stereocenters. The van der Waals surface area contributed by atoms with Crippen molar-refractivity contribution in [1.82, 2.24) is 9.97 Å². The number of anilines is 2. The van der Waals surface area contributed by atoms with E-state index in [1.807, 2.05) is 0 Å². The number of rotatable bonds is 5. The minimum Gasteiger partial charge on any atom is -0.382 e. The van der Waals surface area contributed by atoms with Gasteiger partial charge in [0.15, 0.2) is 0 Å². The van der Waals surface area contributed by atoms with E-state index in [4.69, 9.17) is 0 Å². The molecule has 0 fully saturated rings. The number of nitrogens with zero attached hydrogens (tertiary/aromatic N) is 2. The largest absolute Gasteiger partial charge is 0.433 e. The van der Waals surface area contributed by atoms with Crippen LogP contribution in [0.2, 0.25) is 0 Å². The number of nitrogens with one attached hydrogen (secondary N) is 1. The number of hydrogen-bond acceptors (Lipinski definition) is 4. The highest BCUT2D eigenvalue weighted by Gasteiger charge is 2.32. The van der Waals surface area contributed by atoms with Crippen LogP contribution in [0.3, 0.4) is 0 Å². The molecule has 0 aliphatic heterocycles. The lowest BCUT2D eigenvalue weighted by Crippen LogP contribution is -2.10. The third kappa shape index (κ3) is 4.83. The van der Waals surface area contributed by atoms with Gasteiger partial charge in [-0.15, -0.1) is 0 Å². The standard InChI is InChI=1S/C19H13F6N3O/c20-14-6-5-12(27-18-26-8-7-15(28-18)19(23,24)25)9-13(14)10-1-3-11(4-2-10)16(29)17(21)22/h1-9,16-17,29H,(H,26,27,28)/t16-/m1/s1. The molecule has 3 aromatic rings. The molecular formula is C19H13F6N3O. The summed E-state index contributed by atoms with van der Waals surface area (Å²) in [7, 11) is 0. The fourth-order valence-corrected chi connectivity index (χ4v) is 2.54. The molecular weight excluding hydrogens is 400 g/mol. The van der Waals surface area contributed by atoms with Crippen LogP contribution in [0.5, 0.6) is 0 Å². The van der Waals surface area contributed by atoms with Crippen LogP contribution >= 0.6 is 0 Å². The number of aliphatic hydroxyl groups is 1. The first kappa shape index (κ1) is 20.6. The van der Waals surface area contributed by atoms with E-state index >= 15 is 0 Å². The van der Waals surface area contributed by atoms with Gasteiger partial charge < -0.3 is 10.4 Å². The second kappa shape index (κ2) is 8.08. The summed E-state index contributed by atoms with van der Waals surface area (Å²) in [5.74, 6) is -0.963. The Hall–Kier alpha value is -3.14. The molecule has 1 aromatic heterocycles. The maximum atomic E-state index is 14.2. The highest BCUT2D eigenvalue weighted by molar-refractivity contribution is 5.70. The Balaban J connectivity index is 1.87. The normalized spacial score (nSPS) is 12.8. The molecule has 152 valence electrons. The number of aliphatic hydroxyl groups excluding tert-OH is 1. The highest BCUT2D eigenvalue weighted by atomic mass is 19.4. The molecule has 1 atom stereocenters. The molecule has 0 bridgehead atoms. The van der Waals surface area contributed by atoms with Gasteiger partial charge in [-0.3, -0.25) is 0 Å². The molecule has 0 spiro atoms. The number of benzene rings is 2. The van der Waals surface area contributed by atoms with Crippen LogP contribution in [0.1, 0.15) is 17.4 Å². The predicted molar refractivity (Wildman–Crippen MR) is 93.1 cm³/mol. The van der Waals surface area contributed by atoms with Crippen molar-refractivity contribution in [3.63, 3.8) is 0 Å². The van der Waals surface area contributed by atoms with Crippen molar-refractivity contribution in [2.45, 2.75) is 18.7 Å². The van der Waals surface area contributed by atoms with E-state index in [0.29, 0.717) is 5.56 Å². The van der Waals surface area contributed by atoms with Crippen molar-refractivity contribution in [2.24, 2.45) is 0 Å². The molecule has 10 heteroatoms. The van der Waals surface area contributed by atoms with Crippen LogP contribution in [0.4, 0.5) is 38.0 Å². The minimum absolute atomic E-state index is 0.0317. The molecule has 4 nitrogen and oxygen atoms in total. The summed E-state index contributed by atoms with van der Waals surface area (Å²) in [5, 5.41) is 11.9. The smallest absolute Gasteiger partial charge is 0.382 e. The van der Waals surface area contributed by atoms with Crippen LogP contribution in [0, 0.1) is 5.82 Å². The summed E-state index contributed by atoms with van der Waals surface area (Å²) in [6, 6.07) is 9.59. The topological polar surface area (TPSA) is 58.0 Å². The van der Waals surface area contributed by atoms with Gasteiger partial charge >= 0.3 is 6.18 Å². The maximum absolute atomic E-state index is 14.2. The zero-order valence-corrected chi connectivity index (χ0v) is 14.5. The first-order valence-electron chi connectivity index (χ1n) is 8.18. The van der Waals surface area contributed by atoms with Crippen LogP contribution in [0.15, 0.2) is 54.7 Å². The first-order chi connectivity index (χ1) is 13.6. The summed E-state index contributed by atoms with van der Waals surface area (Å²) in [6.45, 7) is 0. The van der Waals surface area contributed by atoms with Gasteiger partial charge in [0.25, 0.3) is 6.43 Å². The number of alkyl halides is 5. The Labute approximate surface area is 160 Å².